The predicted octanol–water partition coefficient (Wildman–Crippen LogP) is 1.32. The summed E-state index contributed by atoms with van der Waals surface area (Å²) in [4.78, 5) is 2.22. The fraction of sp³-hybridized carbons (Fsp3) is 0.714. The van der Waals surface area contributed by atoms with Crippen LogP contribution in [0.15, 0.2) is 0 Å². The molecule has 0 aromatic heterocycles. The van der Waals surface area contributed by atoms with Gasteiger partial charge in [-0.2, -0.15) is 6.42 Å². The van der Waals surface area contributed by atoms with Crippen LogP contribution in [0.3, 0.4) is 0 Å². The predicted molar refractivity (Wildman–Crippen MR) is 35.0 cm³/mol. The minimum Gasteiger partial charge on any atom is -0.461 e. The van der Waals surface area contributed by atoms with Crippen LogP contribution < -0.4 is 0 Å². The van der Waals surface area contributed by atoms with Gasteiger partial charge in [0, 0.05) is 32.7 Å². The van der Waals surface area contributed by atoms with Crippen LogP contribution in [0.25, 0.3) is 0 Å². The smallest absolute Gasteiger partial charge is 0 e. The van der Waals surface area contributed by atoms with E-state index < -0.39 is 0 Å². The summed E-state index contributed by atoms with van der Waals surface area (Å²) in [6, 6.07) is 0. The van der Waals surface area contributed by atoms with Crippen LogP contribution in [0.4, 0.5) is 0 Å². The minimum absolute atomic E-state index is 0. The molecule has 1 nitrogen and oxygen atoms in total. The zero-order chi connectivity index (χ0) is 5.98. The normalized spacial score (nSPS) is 26.7. The number of likely N-dealkylation sites (tertiary alicyclic amines) is 1. The largest absolute Gasteiger partial charge is 0.461 e. The van der Waals surface area contributed by atoms with Gasteiger partial charge >= 0.3 is 0 Å². The van der Waals surface area contributed by atoms with Crippen LogP contribution in [0.5, 0.6) is 0 Å². The van der Waals surface area contributed by atoms with Crippen molar-refractivity contribution >= 4 is 0 Å². The maximum Gasteiger partial charge on any atom is 0 e. The Kier molecular flexibility index (Phi) is 5.38. The van der Waals surface area contributed by atoms with E-state index in [2.05, 4.69) is 25.4 Å². The second kappa shape index (κ2) is 4.81. The van der Waals surface area contributed by atoms with Gasteiger partial charge in [-0.3, -0.25) is 6.54 Å². The van der Waals surface area contributed by atoms with Crippen molar-refractivity contribution in [1.82, 2.24) is 4.90 Å². The summed E-state index contributed by atoms with van der Waals surface area (Å²) in [5.74, 6) is 0.845. The van der Waals surface area contributed by atoms with E-state index in [1.54, 1.807) is 0 Å². The number of nitrogens with zero attached hydrogens (tertiary/aromatic N) is 1. The Bertz CT molecular complexity index is 66.6. The van der Waals surface area contributed by atoms with Crippen molar-refractivity contribution in [1.29, 1.82) is 0 Å². The summed E-state index contributed by atoms with van der Waals surface area (Å²) in [6.07, 6.45) is 2.35. The third-order valence-electron chi connectivity index (χ3n) is 1.56. The summed E-state index contributed by atoms with van der Waals surface area (Å²) in [7, 11) is 2.11. The van der Waals surface area contributed by atoms with Crippen molar-refractivity contribution in [3.05, 3.63) is 13.5 Å². The molecule has 0 N–H and O–H groups in total. The fourth-order valence-corrected chi connectivity index (χ4v) is 1.13. The summed E-state index contributed by atoms with van der Waals surface area (Å²) in [6.45, 7) is 7.31. The van der Waals surface area contributed by atoms with Crippen molar-refractivity contribution in [3.63, 3.8) is 0 Å². The molecule has 1 rings (SSSR count). The number of hydrogen-bond acceptors (Lipinski definition) is 1. The quantitative estimate of drug-likeness (QED) is 0.607. The van der Waals surface area contributed by atoms with Crippen LogP contribution in [-0.2, 0) is 32.7 Å². The van der Waals surface area contributed by atoms with Gasteiger partial charge < -0.3 is 11.8 Å². The summed E-state index contributed by atoms with van der Waals surface area (Å²) in [5.41, 5.74) is 0. The second-order valence-corrected chi connectivity index (χ2v) is 2.49. The molecule has 51 valence electrons. The van der Waals surface area contributed by atoms with Crippen molar-refractivity contribution in [2.45, 2.75) is 12.8 Å². The van der Waals surface area contributed by atoms with Crippen molar-refractivity contribution in [3.8, 4) is 0 Å². The topological polar surface area (TPSA) is 3.24 Å². The molecule has 1 radical (unpaired) electrons. The molecule has 1 heterocycles. The molecule has 2 heteroatoms. The zero-order valence-electron chi connectivity index (χ0n) is 6.01. The molecule has 1 aliphatic heterocycles. The standard InChI is InChI=1S/C7H13N.Y/c1-3-4-7-5-8(2)6-7;/h5,7H,1,3-4,6H2,2H3;/q-2;. The average Bonchev–Trinajstić information content (AvgIpc) is 1.64. The van der Waals surface area contributed by atoms with Crippen LogP contribution in [0.2, 0.25) is 0 Å². The molecule has 0 saturated carbocycles. The first-order valence-electron chi connectivity index (χ1n) is 3.17. The van der Waals surface area contributed by atoms with Gasteiger partial charge in [-0.15, -0.1) is 12.3 Å². The Morgan fingerprint density at radius 2 is 2.33 bits per heavy atom. The zero-order valence-corrected chi connectivity index (χ0v) is 8.85. The molecule has 1 atom stereocenters. The maximum absolute atomic E-state index is 3.79. The van der Waals surface area contributed by atoms with Crippen LogP contribution in [-0.4, -0.2) is 18.5 Å². The van der Waals surface area contributed by atoms with Gasteiger partial charge in [0.05, 0.1) is 0 Å². The Morgan fingerprint density at radius 3 is 2.67 bits per heavy atom. The van der Waals surface area contributed by atoms with Gasteiger partial charge in [0.25, 0.3) is 0 Å². The molecule has 0 bridgehead atoms. The molecule has 1 aliphatic rings. The SMILES string of the molecule is [CH2-]CCC1[CH-]N(C)C1.[Y]. The molecule has 1 unspecified atom stereocenters. The Hall–Kier alpha value is 1.06. The molecule has 0 aliphatic carbocycles. The third kappa shape index (κ3) is 3.11. The molecule has 9 heavy (non-hydrogen) atoms. The van der Waals surface area contributed by atoms with Gasteiger partial charge in [0.1, 0.15) is 0 Å². The third-order valence-corrected chi connectivity index (χ3v) is 1.56. The van der Waals surface area contributed by atoms with Crippen LogP contribution in [0, 0.1) is 19.4 Å². The fourth-order valence-electron chi connectivity index (χ4n) is 1.13. The molecule has 1 fully saturated rings. The van der Waals surface area contributed by atoms with E-state index in [-0.39, 0.29) is 32.7 Å². The van der Waals surface area contributed by atoms with E-state index in [0.717, 1.165) is 12.3 Å². The van der Waals surface area contributed by atoms with E-state index in [1.165, 1.54) is 13.0 Å². The number of hydrogen-bond donors (Lipinski definition) is 0. The summed E-state index contributed by atoms with van der Waals surface area (Å²) in [5, 5.41) is 0. The van der Waals surface area contributed by atoms with E-state index in [1.807, 2.05) is 0 Å². The Morgan fingerprint density at radius 1 is 1.78 bits per heavy atom. The van der Waals surface area contributed by atoms with Crippen molar-refractivity contribution < 1.29 is 32.7 Å². The first kappa shape index (κ1) is 10.1. The van der Waals surface area contributed by atoms with Crippen molar-refractivity contribution in [2.24, 2.45) is 5.92 Å². The molecule has 0 aromatic rings. The van der Waals surface area contributed by atoms with E-state index in [0.29, 0.717) is 0 Å². The van der Waals surface area contributed by atoms with E-state index in [9.17, 15) is 0 Å². The average molecular weight is 200 g/mol. The Labute approximate surface area is 83.1 Å². The van der Waals surface area contributed by atoms with Gasteiger partial charge in [-0.25, -0.2) is 0 Å². The first-order chi connectivity index (χ1) is 3.83. The molecule has 1 saturated heterocycles. The first-order valence-corrected chi connectivity index (χ1v) is 3.17. The van der Waals surface area contributed by atoms with Crippen LogP contribution in [0.1, 0.15) is 12.8 Å². The molecular formula is C7H13NY-2. The summed E-state index contributed by atoms with van der Waals surface area (Å²) < 4.78 is 0. The summed E-state index contributed by atoms with van der Waals surface area (Å²) >= 11 is 0. The molecule has 0 amide bonds. The number of rotatable bonds is 2. The second-order valence-electron chi connectivity index (χ2n) is 2.49. The maximum atomic E-state index is 3.79. The molecule has 0 spiro atoms. The van der Waals surface area contributed by atoms with Crippen molar-refractivity contribution in [2.75, 3.05) is 13.6 Å². The van der Waals surface area contributed by atoms with Gasteiger partial charge in [-0.05, 0) is 7.05 Å². The van der Waals surface area contributed by atoms with Crippen LogP contribution >= 0.6 is 0 Å². The van der Waals surface area contributed by atoms with E-state index in [4.69, 9.17) is 0 Å². The van der Waals surface area contributed by atoms with Gasteiger partial charge in [0.2, 0.25) is 0 Å². The van der Waals surface area contributed by atoms with E-state index >= 15 is 0 Å². The minimum atomic E-state index is 0. The van der Waals surface area contributed by atoms with Gasteiger partial charge in [-0.1, -0.05) is 6.54 Å². The monoisotopic (exact) mass is 200 g/mol. The Balaban J connectivity index is 0.000000640. The molecular weight excluding hydrogens is 187 g/mol. The molecule has 0 aromatic carbocycles. The van der Waals surface area contributed by atoms with Gasteiger partial charge in [0.15, 0.2) is 0 Å².